The zero-order chi connectivity index (χ0) is 20.4. The lowest BCUT2D eigenvalue weighted by atomic mass is 9.89. The summed E-state index contributed by atoms with van der Waals surface area (Å²) in [5.74, 6) is 2.92. The van der Waals surface area contributed by atoms with Crippen molar-refractivity contribution in [1.82, 2.24) is 15.3 Å². The number of hydrogen-bond acceptors (Lipinski definition) is 5. The van der Waals surface area contributed by atoms with Gasteiger partial charge in [0.05, 0.1) is 5.39 Å². The number of hydrogen-bond donors (Lipinski definition) is 1. The van der Waals surface area contributed by atoms with Crippen LogP contribution in [0.2, 0.25) is 0 Å². The Morgan fingerprint density at radius 1 is 0.871 bits per heavy atom. The van der Waals surface area contributed by atoms with Gasteiger partial charge in [0.15, 0.2) is 0 Å². The van der Waals surface area contributed by atoms with Gasteiger partial charge in [0.25, 0.3) is 0 Å². The minimum atomic E-state index is 0.584. The summed E-state index contributed by atoms with van der Waals surface area (Å²) in [6.45, 7) is 0. The highest BCUT2D eigenvalue weighted by Crippen LogP contribution is 2.47. The lowest BCUT2D eigenvalue weighted by Crippen LogP contribution is -2.53. The molecule has 4 fully saturated rings. The average Bonchev–Trinajstić information content (AvgIpc) is 3.48. The van der Waals surface area contributed by atoms with Crippen molar-refractivity contribution in [2.75, 3.05) is 4.90 Å². The molecule has 4 heterocycles. The number of nitrogens with one attached hydrogen (secondary N) is 1. The van der Waals surface area contributed by atoms with Crippen molar-refractivity contribution >= 4 is 27.4 Å². The van der Waals surface area contributed by atoms with Crippen molar-refractivity contribution in [2.45, 2.75) is 87.9 Å². The number of rotatable bonds is 5. The molecule has 5 heteroatoms. The first-order valence-corrected chi connectivity index (χ1v) is 13.1. The van der Waals surface area contributed by atoms with E-state index in [0.717, 1.165) is 11.9 Å². The summed E-state index contributed by atoms with van der Waals surface area (Å²) in [5, 5.41) is 7.58. The Kier molecular flexibility index (Phi) is 4.36. The fourth-order valence-electron chi connectivity index (χ4n) is 6.05. The van der Waals surface area contributed by atoms with Gasteiger partial charge in [-0.05, 0) is 56.9 Å². The summed E-state index contributed by atoms with van der Waals surface area (Å²) < 4.78 is 0. The van der Waals surface area contributed by atoms with Crippen LogP contribution in [0, 0.1) is 0 Å². The second kappa shape index (κ2) is 7.28. The Labute approximate surface area is 188 Å². The third-order valence-corrected chi connectivity index (χ3v) is 8.89. The quantitative estimate of drug-likeness (QED) is 0.549. The maximum atomic E-state index is 5.30. The molecule has 1 N–H and O–H groups in total. The summed E-state index contributed by atoms with van der Waals surface area (Å²) in [6.07, 6.45) is 11.8. The number of fused-ring (bicyclic) bond motifs is 3. The molecular weight excluding hydrogens is 400 g/mol. The number of anilines is 1. The van der Waals surface area contributed by atoms with Crippen LogP contribution in [-0.4, -0.2) is 34.1 Å². The van der Waals surface area contributed by atoms with Crippen molar-refractivity contribution in [3.8, 4) is 11.1 Å². The van der Waals surface area contributed by atoms with Gasteiger partial charge in [-0.1, -0.05) is 36.8 Å². The Morgan fingerprint density at radius 3 is 2.32 bits per heavy atom. The first-order chi connectivity index (χ1) is 15.3. The van der Waals surface area contributed by atoms with Crippen LogP contribution in [0.4, 0.5) is 5.82 Å². The zero-order valence-electron chi connectivity index (χ0n) is 18.0. The van der Waals surface area contributed by atoms with Crippen LogP contribution in [0.3, 0.4) is 0 Å². The molecule has 2 aromatic heterocycles. The smallest absolute Gasteiger partial charge is 0.142 e. The van der Waals surface area contributed by atoms with E-state index in [0.29, 0.717) is 24.0 Å². The van der Waals surface area contributed by atoms with Gasteiger partial charge < -0.3 is 10.2 Å². The highest BCUT2D eigenvalue weighted by molar-refractivity contribution is 7.17. The van der Waals surface area contributed by atoms with Crippen molar-refractivity contribution in [3.63, 3.8) is 0 Å². The van der Waals surface area contributed by atoms with Gasteiger partial charge in [-0.25, -0.2) is 9.97 Å². The van der Waals surface area contributed by atoms with Gasteiger partial charge >= 0.3 is 0 Å². The van der Waals surface area contributed by atoms with Gasteiger partial charge in [-0.3, -0.25) is 0 Å². The molecule has 31 heavy (non-hydrogen) atoms. The Morgan fingerprint density at radius 2 is 1.65 bits per heavy atom. The number of nitrogens with zero attached hydrogens (tertiary/aromatic N) is 3. The molecule has 3 aromatic rings. The average molecular weight is 431 g/mol. The predicted molar refractivity (Wildman–Crippen MR) is 128 cm³/mol. The normalized spacial score (nSPS) is 28.3. The maximum Gasteiger partial charge on any atom is 0.142 e. The highest BCUT2D eigenvalue weighted by Gasteiger charge is 2.43. The Hall–Kier alpha value is -1.98. The largest absolute Gasteiger partial charge is 0.350 e. The molecule has 0 radical (unpaired) electrons. The standard InChI is InChI=1S/C26H30N4S/c1-2-5-16(6-3-1)22-15-31-26-23(22)25(28-24(29-26)17-9-10-17)30-20-11-12-21(30)14-19(13-20)27-18-7-4-8-18/h1-3,5-6,15,17-21,27H,4,7-14H2. The molecule has 2 unspecified atom stereocenters. The van der Waals surface area contributed by atoms with Crippen LogP contribution in [0.25, 0.3) is 21.3 Å². The number of aromatic nitrogens is 2. The van der Waals surface area contributed by atoms with Crippen LogP contribution in [0.5, 0.6) is 0 Å². The van der Waals surface area contributed by atoms with Crippen molar-refractivity contribution in [1.29, 1.82) is 0 Å². The minimum absolute atomic E-state index is 0.584. The van der Waals surface area contributed by atoms with E-state index in [1.165, 1.54) is 84.9 Å². The van der Waals surface area contributed by atoms with Gasteiger partial charge in [0, 0.05) is 41.0 Å². The van der Waals surface area contributed by atoms with E-state index in [1.807, 2.05) is 0 Å². The number of piperidine rings is 1. The van der Waals surface area contributed by atoms with Crippen LogP contribution in [0.1, 0.15) is 69.5 Å². The van der Waals surface area contributed by atoms with E-state index in [-0.39, 0.29) is 0 Å². The van der Waals surface area contributed by atoms with Crippen LogP contribution in [-0.2, 0) is 0 Å². The van der Waals surface area contributed by atoms with E-state index in [2.05, 4.69) is 45.9 Å². The predicted octanol–water partition coefficient (Wildman–Crippen LogP) is 5.88. The Bertz CT molecular complexity index is 1090. The van der Waals surface area contributed by atoms with Crippen LogP contribution in [0.15, 0.2) is 35.7 Å². The summed E-state index contributed by atoms with van der Waals surface area (Å²) in [6, 6.07) is 13.5. The molecule has 2 saturated carbocycles. The molecule has 2 aliphatic heterocycles. The summed E-state index contributed by atoms with van der Waals surface area (Å²) in [7, 11) is 0. The van der Waals surface area contributed by atoms with E-state index in [1.54, 1.807) is 11.3 Å². The molecular formula is C26H30N4S. The minimum Gasteiger partial charge on any atom is -0.350 e. The second-order valence-electron chi connectivity index (χ2n) is 10.1. The molecule has 2 saturated heterocycles. The van der Waals surface area contributed by atoms with E-state index in [4.69, 9.17) is 9.97 Å². The molecule has 1 aromatic carbocycles. The van der Waals surface area contributed by atoms with Gasteiger partial charge in [0.1, 0.15) is 16.5 Å². The monoisotopic (exact) mass is 430 g/mol. The molecule has 0 amide bonds. The molecule has 0 spiro atoms. The molecule has 2 aliphatic carbocycles. The van der Waals surface area contributed by atoms with Gasteiger partial charge in [-0.15, -0.1) is 11.3 Å². The van der Waals surface area contributed by atoms with Gasteiger partial charge in [-0.2, -0.15) is 0 Å². The lowest BCUT2D eigenvalue weighted by Gasteiger charge is -2.42. The summed E-state index contributed by atoms with van der Waals surface area (Å²) in [5.41, 5.74) is 2.60. The first kappa shape index (κ1) is 18.6. The molecule has 160 valence electrons. The fourth-order valence-corrected chi connectivity index (χ4v) is 7.00. The SMILES string of the molecule is c1ccc(-c2csc3nc(C4CC4)nc(N4C5CCC4CC(NC4CCC4)C5)c23)cc1. The van der Waals surface area contributed by atoms with Crippen LogP contribution >= 0.6 is 11.3 Å². The second-order valence-corrected chi connectivity index (χ2v) is 11.0. The molecule has 7 rings (SSSR count). The van der Waals surface area contributed by atoms with Crippen molar-refractivity contribution < 1.29 is 0 Å². The maximum absolute atomic E-state index is 5.30. The molecule has 2 bridgehead atoms. The lowest BCUT2D eigenvalue weighted by molar-refractivity contribution is 0.260. The summed E-state index contributed by atoms with van der Waals surface area (Å²) in [4.78, 5) is 14.3. The molecule has 4 nitrogen and oxygen atoms in total. The topological polar surface area (TPSA) is 41.1 Å². The zero-order valence-corrected chi connectivity index (χ0v) is 18.8. The summed E-state index contributed by atoms with van der Waals surface area (Å²) >= 11 is 1.80. The number of thiophene rings is 1. The van der Waals surface area contributed by atoms with E-state index in [9.17, 15) is 0 Å². The molecule has 4 aliphatic rings. The van der Waals surface area contributed by atoms with Gasteiger partial charge in [0.2, 0.25) is 0 Å². The Balaban J connectivity index is 1.30. The van der Waals surface area contributed by atoms with E-state index < -0.39 is 0 Å². The van der Waals surface area contributed by atoms with E-state index >= 15 is 0 Å². The fraction of sp³-hybridized carbons (Fsp3) is 0.538. The van der Waals surface area contributed by atoms with Crippen LogP contribution < -0.4 is 10.2 Å². The number of benzene rings is 1. The highest BCUT2D eigenvalue weighted by atomic mass is 32.1. The third-order valence-electron chi connectivity index (χ3n) is 8.01. The van der Waals surface area contributed by atoms with Crippen molar-refractivity contribution in [2.24, 2.45) is 0 Å². The molecule has 2 atom stereocenters. The third kappa shape index (κ3) is 3.20. The first-order valence-electron chi connectivity index (χ1n) is 12.2. The van der Waals surface area contributed by atoms with Crippen molar-refractivity contribution in [3.05, 3.63) is 41.5 Å².